The van der Waals surface area contributed by atoms with Crippen LogP contribution in [0.2, 0.25) is 0 Å². The number of Topliss-reactive ketones (excluding diaryl/α,β-unsaturated/α-hetero) is 1. The molecule has 0 radical (unpaired) electrons. The molecule has 6 nitrogen and oxygen atoms in total. The lowest BCUT2D eigenvalue weighted by Crippen LogP contribution is -2.22. The van der Waals surface area contributed by atoms with E-state index in [9.17, 15) is 18.0 Å². The lowest BCUT2D eigenvalue weighted by atomic mass is 9.94. The number of aromatic nitrogens is 1. The summed E-state index contributed by atoms with van der Waals surface area (Å²) in [7, 11) is -3.83. The second kappa shape index (κ2) is 5.60. The Morgan fingerprint density at radius 3 is 2.39 bits per heavy atom. The normalized spacial score (nSPS) is 14.1. The van der Waals surface area contributed by atoms with Crippen LogP contribution in [0.25, 0.3) is 17.2 Å². The van der Waals surface area contributed by atoms with Gasteiger partial charge in [0, 0.05) is 11.8 Å². The van der Waals surface area contributed by atoms with Crippen LogP contribution in [-0.4, -0.2) is 41.4 Å². The van der Waals surface area contributed by atoms with E-state index >= 15 is 0 Å². The highest BCUT2D eigenvalue weighted by Crippen LogP contribution is 2.32. The van der Waals surface area contributed by atoms with Gasteiger partial charge in [-0.25, -0.2) is 12.4 Å². The molecule has 1 aliphatic rings. The summed E-state index contributed by atoms with van der Waals surface area (Å²) in [6.45, 7) is -0.535. The number of carbonyl (C=O) groups is 2. The Balaban J connectivity index is 2.31. The Morgan fingerprint density at radius 2 is 1.74 bits per heavy atom. The van der Waals surface area contributed by atoms with E-state index in [1.807, 2.05) is 0 Å². The highest BCUT2D eigenvalue weighted by atomic mass is 32.2. The van der Waals surface area contributed by atoms with E-state index in [0.29, 0.717) is 11.1 Å². The molecule has 3 rings (SSSR count). The number of aliphatic hydroxyl groups excluding tert-OH is 1. The van der Waals surface area contributed by atoms with Crippen LogP contribution in [0.4, 0.5) is 0 Å². The molecule has 0 atom stereocenters. The molecule has 0 saturated heterocycles. The van der Waals surface area contributed by atoms with Crippen molar-refractivity contribution in [1.29, 1.82) is 0 Å². The maximum absolute atomic E-state index is 12.3. The van der Waals surface area contributed by atoms with Crippen molar-refractivity contribution in [2.24, 2.45) is 0 Å². The number of hydrogen-bond acceptors (Lipinski definition) is 5. The molecule has 0 bridgehead atoms. The molecule has 118 valence electrons. The number of aliphatic hydroxyl groups is 1. The first-order valence-corrected chi connectivity index (χ1v) is 8.48. The topological polar surface area (TPSA) is 93.4 Å². The minimum Gasteiger partial charge on any atom is -0.395 e. The third-order valence-corrected chi connectivity index (χ3v) is 5.19. The van der Waals surface area contributed by atoms with E-state index in [0.717, 1.165) is 10.0 Å². The predicted molar refractivity (Wildman–Crippen MR) is 84.5 cm³/mol. The minimum absolute atomic E-state index is 0.0743. The van der Waals surface area contributed by atoms with E-state index in [2.05, 4.69) is 0 Å². The first kappa shape index (κ1) is 15.4. The molecule has 0 aliphatic heterocycles. The summed E-state index contributed by atoms with van der Waals surface area (Å²) in [6.07, 6.45) is 3.71. The van der Waals surface area contributed by atoms with Gasteiger partial charge in [-0.05, 0) is 17.7 Å². The van der Waals surface area contributed by atoms with E-state index in [1.165, 1.54) is 12.3 Å². The van der Waals surface area contributed by atoms with Crippen LogP contribution >= 0.6 is 0 Å². The average molecular weight is 331 g/mol. The third-order valence-electron chi connectivity index (χ3n) is 3.59. The van der Waals surface area contributed by atoms with Crippen LogP contribution in [0.3, 0.4) is 0 Å². The molecular weight excluding hydrogens is 318 g/mol. The van der Waals surface area contributed by atoms with Gasteiger partial charge in [-0.2, -0.15) is 0 Å². The Labute approximate surface area is 132 Å². The second-order valence-corrected chi connectivity index (χ2v) is 7.00. The van der Waals surface area contributed by atoms with Gasteiger partial charge < -0.3 is 5.11 Å². The van der Waals surface area contributed by atoms with Crippen LogP contribution in [0, 0.1) is 0 Å². The summed E-state index contributed by atoms with van der Waals surface area (Å²) in [5.41, 5.74) is 1.23. The first-order valence-electron chi connectivity index (χ1n) is 6.87. The van der Waals surface area contributed by atoms with Crippen molar-refractivity contribution in [3.8, 4) is 11.1 Å². The standard InChI is InChI=1S/C16H13NO5S/c18-8-9-23(21,22)17-10-12(11-4-2-1-3-5-11)15-13(17)6-7-14(19)16(15)20/h1-7,10,18H,8-9H2. The monoisotopic (exact) mass is 331 g/mol. The molecule has 7 heteroatoms. The summed E-state index contributed by atoms with van der Waals surface area (Å²) < 4.78 is 25.6. The van der Waals surface area contributed by atoms with Crippen molar-refractivity contribution >= 4 is 27.7 Å². The summed E-state index contributed by atoms with van der Waals surface area (Å²) in [4.78, 5) is 23.9. The summed E-state index contributed by atoms with van der Waals surface area (Å²) in [5, 5.41) is 8.95. The second-order valence-electron chi connectivity index (χ2n) is 5.03. The number of hydrogen-bond donors (Lipinski definition) is 1. The minimum atomic E-state index is -3.83. The fraction of sp³-hybridized carbons (Fsp3) is 0.125. The molecule has 2 aromatic rings. The van der Waals surface area contributed by atoms with Gasteiger partial charge in [-0.15, -0.1) is 0 Å². The number of allylic oxidation sites excluding steroid dienone is 1. The lowest BCUT2D eigenvalue weighted by molar-refractivity contribution is -0.110. The van der Waals surface area contributed by atoms with E-state index in [1.54, 1.807) is 30.3 Å². The number of fused-ring (bicyclic) bond motifs is 1. The van der Waals surface area contributed by atoms with Gasteiger partial charge in [-0.1, -0.05) is 30.3 Å². The fourth-order valence-corrected chi connectivity index (χ4v) is 3.67. The highest BCUT2D eigenvalue weighted by molar-refractivity contribution is 7.89. The van der Waals surface area contributed by atoms with Gasteiger partial charge in [0.1, 0.15) is 0 Å². The van der Waals surface area contributed by atoms with Gasteiger partial charge in [0.05, 0.1) is 23.6 Å². The molecule has 1 aliphatic carbocycles. The molecule has 1 aromatic heterocycles. The Kier molecular flexibility index (Phi) is 3.75. The largest absolute Gasteiger partial charge is 0.395 e. The zero-order chi connectivity index (χ0) is 16.6. The van der Waals surface area contributed by atoms with E-state index in [-0.39, 0.29) is 11.3 Å². The highest BCUT2D eigenvalue weighted by Gasteiger charge is 2.31. The summed E-state index contributed by atoms with van der Waals surface area (Å²) in [6, 6.07) is 8.77. The molecule has 1 N–H and O–H groups in total. The SMILES string of the molecule is O=C1C=Cc2c(c(-c3ccccc3)cn2S(=O)(=O)CCO)C1=O. The molecule has 1 aromatic carbocycles. The van der Waals surface area contributed by atoms with Crippen molar-refractivity contribution in [1.82, 2.24) is 3.97 Å². The third kappa shape index (κ3) is 2.54. The molecule has 0 amide bonds. The van der Waals surface area contributed by atoms with Crippen molar-refractivity contribution < 1.29 is 23.1 Å². The first-order chi connectivity index (χ1) is 11.0. The maximum atomic E-state index is 12.3. The number of ketones is 2. The number of benzene rings is 1. The van der Waals surface area contributed by atoms with Crippen LogP contribution in [0.5, 0.6) is 0 Å². The zero-order valence-corrected chi connectivity index (χ0v) is 12.8. The molecular formula is C16H13NO5S. The van der Waals surface area contributed by atoms with Gasteiger partial charge in [0.2, 0.25) is 21.6 Å². The van der Waals surface area contributed by atoms with Gasteiger partial charge in [0.25, 0.3) is 0 Å². The fourth-order valence-electron chi connectivity index (χ4n) is 2.53. The van der Waals surface area contributed by atoms with Crippen LogP contribution in [-0.2, 0) is 14.8 Å². The van der Waals surface area contributed by atoms with E-state index in [4.69, 9.17) is 5.11 Å². The van der Waals surface area contributed by atoms with Crippen molar-refractivity contribution in [2.75, 3.05) is 12.4 Å². The summed E-state index contributed by atoms with van der Waals surface area (Å²) >= 11 is 0. The van der Waals surface area contributed by atoms with Crippen molar-refractivity contribution in [3.63, 3.8) is 0 Å². The molecule has 0 spiro atoms. The summed E-state index contributed by atoms with van der Waals surface area (Å²) in [5.74, 6) is -1.90. The Morgan fingerprint density at radius 1 is 1.04 bits per heavy atom. The smallest absolute Gasteiger partial charge is 0.241 e. The molecule has 0 unspecified atom stereocenters. The van der Waals surface area contributed by atoms with Gasteiger partial charge >= 0.3 is 0 Å². The van der Waals surface area contributed by atoms with Crippen molar-refractivity contribution in [3.05, 3.63) is 53.9 Å². The Bertz CT molecular complexity index is 923. The number of carbonyl (C=O) groups excluding carboxylic acids is 2. The Hall–Kier alpha value is -2.51. The van der Waals surface area contributed by atoms with Gasteiger partial charge in [0.15, 0.2) is 0 Å². The van der Waals surface area contributed by atoms with Crippen LogP contribution < -0.4 is 0 Å². The van der Waals surface area contributed by atoms with E-state index < -0.39 is 33.9 Å². The predicted octanol–water partition coefficient (Wildman–Crippen LogP) is 1.10. The molecule has 23 heavy (non-hydrogen) atoms. The quantitative estimate of drug-likeness (QED) is 0.847. The number of nitrogens with zero attached hydrogens (tertiary/aromatic N) is 1. The van der Waals surface area contributed by atoms with Crippen LogP contribution in [0.15, 0.2) is 42.6 Å². The molecule has 1 heterocycles. The number of rotatable bonds is 4. The molecule has 0 fully saturated rings. The van der Waals surface area contributed by atoms with Crippen molar-refractivity contribution in [2.45, 2.75) is 0 Å². The van der Waals surface area contributed by atoms with Gasteiger partial charge in [-0.3, -0.25) is 9.59 Å². The maximum Gasteiger partial charge on any atom is 0.241 e. The molecule has 0 saturated carbocycles. The average Bonchev–Trinajstić information content (AvgIpc) is 2.93. The van der Waals surface area contributed by atoms with Crippen LogP contribution in [0.1, 0.15) is 16.1 Å². The lowest BCUT2D eigenvalue weighted by Gasteiger charge is -2.10. The zero-order valence-electron chi connectivity index (χ0n) is 12.0.